The summed E-state index contributed by atoms with van der Waals surface area (Å²) >= 11 is 0. The lowest BCUT2D eigenvalue weighted by Gasteiger charge is -2.14. The predicted octanol–water partition coefficient (Wildman–Crippen LogP) is 0.382. The smallest absolute Gasteiger partial charge is 0.315 e. The van der Waals surface area contributed by atoms with Crippen molar-refractivity contribution in [2.24, 2.45) is 0 Å². The van der Waals surface area contributed by atoms with Gasteiger partial charge in [0.2, 0.25) is 0 Å². The minimum absolute atomic E-state index is 0.0149. The van der Waals surface area contributed by atoms with Crippen molar-refractivity contribution in [3.05, 3.63) is 30.6 Å². The molecular weight excluding hydrogens is 258 g/mol. The van der Waals surface area contributed by atoms with Crippen molar-refractivity contribution in [2.45, 2.75) is 39.5 Å². The molecule has 2 aromatic rings. The molecule has 1 atom stereocenters. The molecular formula is C12H19N7O. The number of carbonyl (C=O) groups excluding carboxylic acids is 1. The van der Waals surface area contributed by atoms with Gasteiger partial charge in [0.15, 0.2) is 5.82 Å². The molecule has 0 spiro atoms. The highest BCUT2D eigenvalue weighted by Crippen LogP contribution is 1.94. The highest BCUT2D eigenvalue weighted by molar-refractivity contribution is 5.74. The summed E-state index contributed by atoms with van der Waals surface area (Å²) in [5.41, 5.74) is 0. The van der Waals surface area contributed by atoms with Gasteiger partial charge in [-0.15, -0.1) is 10.2 Å². The van der Waals surface area contributed by atoms with Crippen LogP contribution in [0.25, 0.3) is 0 Å². The Kier molecular flexibility index (Phi) is 4.70. The van der Waals surface area contributed by atoms with Crippen molar-refractivity contribution < 1.29 is 4.79 Å². The van der Waals surface area contributed by atoms with Crippen LogP contribution in [-0.4, -0.2) is 36.6 Å². The van der Waals surface area contributed by atoms with E-state index in [4.69, 9.17) is 0 Å². The fourth-order valence-corrected chi connectivity index (χ4v) is 1.85. The highest BCUT2D eigenvalue weighted by atomic mass is 16.2. The first kappa shape index (κ1) is 14.0. The molecule has 2 amide bonds. The van der Waals surface area contributed by atoms with Crippen molar-refractivity contribution in [2.75, 3.05) is 0 Å². The van der Waals surface area contributed by atoms with Crippen LogP contribution < -0.4 is 10.6 Å². The summed E-state index contributed by atoms with van der Waals surface area (Å²) in [6, 6.07) is 1.61. The van der Waals surface area contributed by atoms with Crippen LogP contribution in [0.4, 0.5) is 4.79 Å². The zero-order valence-electron chi connectivity index (χ0n) is 11.7. The Balaban J connectivity index is 1.75. The number of nitrogens with zero attached hydrogens (tertiary/aromatic N) is 5. The van der Waals surface area contributed by atoms with E-state index in [1.807, 2.05) is 30.7 Å². The first-order chi connectivity index (χ1) is 9.69. The van der Waals surface area contributed by atoms with Crippen LogP contribution in [-0.2, 0) is 19.6 Å². The normalized spacial score (nSPS) is 12.1. The molecule has 0 fully saturated rings. The summed E-state index contributed by atoms with van der Waals surface area (Å²) in [4.78, 5) is 11.8. The zero-order chi connectivity index (χ0) is 14.4. The van der Waals surface area contributed by atoms with Gasteiger partial charge in [-0.1, -0.05) is 0 Å². The van der Waals surface area contributed by atoms with Gasteiger partial charge in [-0.25, -0.2) is 4.79 Å². The summed E-state index contributed by atoms with van der Waals surface area (Å²) in [6.07, 6.45) is 5.22. The molecule has 0 aliphatic rings. The van der Waals surface area contributed by atoms with E-state index in [-0.39, 0.29) is 12.1 Å². The Labute approximate surface area is 117 Å². The van der Waals surface area contributed by atoms with Gasteiger partial charge in [0.05, 0.1) is 13.1 Å². The molecule has 0 saturated heterocycles. The van der Waals surface area contributed by atoms with Gasteiger partial charge in [0, 0.05) is 25.0 Å². The molecule has 20 heavy (non-hydrogen) atoms. The van der Waals surface area contributed by atoms with Crippen molar-refractivity contribution in [3.63, 3.8) is 0 Å². The van der Waals surface area contributed by atoms with Crippen molar-refractivity contribution >= 4 is 6.03 Å². The van der Waals surface area contributed by atoms with Crippen LogP contribution in [0.15, 0.2) is 24.8 Å². The standard InChI is InChI=1S/C12H19N7O/c1-3-18-9-14-17-11(18)7-13-12(20)16-10(2)8-19-6-4-5-15-19/h4-6,9-10H,3,7-8H2,1-2H3,(H2,13,16,20)/t10-/m1/s1. The number of hydrogen-bond acceptors (Lipinski definition) is 4. The molecule has 0 radical (unpaired) electrons. The third-order valence-electron chi connectivity index (χ3n) is 2.84. The van der Waals surface area contributed by atoms with Gasteiger partial charge in [-0.3, -0.25) is 4.68 Å². The van der Waals surface area contributed by atoms with Crippen LogP contribution >= 0.6 is 0 Å². The Morgan fingerprint density at radius 1 is 1.50 bits per heavy atom. The Bertz CT molecular complexity index is 534. The largest absolute Gasteiger partial charge is 0.334 e. The molecule has 0 aliphatic carbocycles. The van der Waals surface area contributed by atoms with E-state index in [9.17, 15) is 4.79 Å². The third-order valence-corrected chi connectivity index (χ3v) is 2.84. The number of carbonyl (C=O) groups is 1. The molecule has 2 rings (SSSR count). The molecule has 2 N–H and O–H groups in total. The lowest BCUT2D eigenvalue weighted by atomic mass is 10.3. The van der Waals surface area contributed by atoms with Gasteiger partial charge >= 0.3 is 6.03 Å². The molecule has 0 aliphatic heterocycles. The summed E-state index contributed by atoms with van der Waals surface area (Å²) in [5.74, 6) is 0.738. The number of nitrogens with one attached hydrogen (secondary N) is 2. The minimum Gasteiger partial charge on any atom is -0.334 e. The fourth-order valence-electron chi connectivity index (χ4n) is 1.85. The van der Waals surface area contributed by atoms with Crippen LogP contribution in [0.1, 0.15) is 19.7 Å². The first-order valence-corrected chi connectivity index (χ1v) is 6.57. The average Bonchev–Trinajstić information content (AvgIpc) is 3.06. The Morgan fingerprint density at radius 3 is 3.05 bits per heavy atom. The molecule has 0 saturated carbocycles. The number of rotatable bonds is 6. The quantitative estimate of drug-likeness (QED) is 0.799. The van der Waals surface area contributed by atoms with Gasteiger partial charge < -0.3 is 15.2 Å². The summed E-state index contributed by atoms with van der Waals surface area (Å²) in [7, 11) is 0. The summed E-state index contributed by atoms with van der Waals surface area (Å²) < 4.78 is 3.66. The molecule has 2 aromatic heterocycles. The third kappa shape index (κ3) is 3.81. The number of aromatic nitrogens is 5. The SMILES string of the molecule is CCn1cnnc1CNC(=O)N[C@H](C)Cn1cccn1. The maximum absolute atomic E-state index is 11.8. The van der Waals surface area contributed by atoms with E-state index in [0.29, 0.717) is 13.1 Å². The predicted molar refractivity (Wildman–Crippen MR) is 72.8 cm³/mol. The van der Waals surface area contributed by atoms with E-state index >= 15 is 0 Å². The molecule has 0 bridgehead atoms. The summed E-state index contributed by atoms with van der Waals surface area (Å²) in [6.45, 7) is 5.69. The highest BCUT2D eigenvalue weighted by Gasteiger charge is 2.09. The molecule has 2 heterocycles. The zero-order valence-corrected chi connectivity index (χ0v) is 11.7. The van der Waals surface area contributed by atoms with E-state index < -0.39 is 0 Å². The van der Waals surface area contributed by atoms with Gasteiger partial charge in [0.1, 0.15) is 6.33 Å². The fraction of sp³-hybridized carbons (Fsp3) is 0.500. The van der Waals surface area contributed by atoms with E-state index in [2.05, 4.69) is 25.9 Å². The van der Waals surface area contributed by atoms with Crippen molar-refractivity contribution in [3.8, 4) is 0 Å². The molecule has 0 aromatic carbocycles. The van der Waals surface area contributed by atoms with Crippen LogP contribution in [0, 0.1) is 0 Å². The topological polar surface area (TPSA) is 89.7 Å². The first-order valence-electron chi connectivity index (χ1n) is 6.57. The van der Waals surface area contributed by atoms with Crippen LogP contribution in [0.2, 0.25) is 0 Å². The molecule has 8 nitrogen and oxygen atoms in total. The van der Waals surface area contributed by atoms with Crippen molar-refractivity contribution in [1.29, 1.82) is 0 Å². The monoisotopic (exact) mass is 277 g/mol. The van der Waals surface area contributed by atoms with E-state index in [1.54, 1.807) is 17.2 Å². The minimum atomic E-state index is -0.227. The number of hydrogen-bond donors (Lipinski definition) is 2. The van der Waals surface area contributed by atoms with Gasteiger partial charge in [0.25, 0.3) is 0 Å². The average molecular weight is 277 g/mol. The Morgan fingerprint density at radius 2 is 2.35 bits per heavy atom. The lowest BCUT2D eigenvalue weighted by Crippen LogP contribution is -2.42. The van der Waals surface area contributed by atoms with Gasteiger partial charge in [-0.05, 0) is 19.9 Å². The molecule has 8 heteroatoms. The van der Waals surface area contributed by atoms with Crippen molar-refractivity contribution in [1.82, 2.24) is 35.2 Å². The van der Waals surface area contributed by atoms with E-state index in [0.717, 1.165) is 12.4 Å². The van der Waals surface area contributed by atoms with Crippen LogP contribution in [0.5, 0.6) is 0 Å². The van der Waals surface area contributed by atoms with Crippen LogP contribution in [0.3, 0.4) is 0 Å². The lowest BCUT2D eigenvalue weighted by molar-refractivity contribution is 0.235. The second-order valence-electron chi connectivity index (χ2n) is 4.49. The molecule has 0 unspecified atom stereocenters. The Hall–Kier alpha value is -2.38. The molecule has 108 valence electrons. The second-order valence-corrected chi connectivity index (χ2v) is 4.49. The maximum Gasteiger partial charge on any atom is 0.315 e. The number of aryl methyl sites for hydroxylation is 1. The summed E-state index contributed by atoms with van der Waals surface area (Å²) in [5, 5.41) is 17.5. The number of urea groups is 1. The maximum atomic E-state index is 11.8. The van der Waals surface area contributed by atoms with E-state index in [1.165, 1.54) is 0 Å². The number of amides is 2. The van der Waals surface area contributed by atoms with Gasteiger partial charge in [-0.2, -0.15) is 5.10 Å². The second kappa shape index (κ2) is 6.69.